The molecule has 0 aromatic carbocycles. The molecule has 1 aliphatic carbocycles. The molecule has 1 aliphatic rings. The predicted molar refractivity (Wildman–Crippen MR) is 62.0 cm³/mol. The van der Waals surface area contributed by atoms with Gasteiger partial charge in [-0.05, 0) is 45.1 Å². The van der Waals surface area contributed by atoms with E-state index in [0.717, 1.165) is 22.6 Å². The fraction of sp³-hybridized carbons (Fsp3) is 0.800. The van der Waals surface area contributed by atoms with E-state index in [4.69, 9.17) is 5.11 Å². The van der Waals surface area contributed by atoms with Crippen molar-refractivity contribution in [1.29, 1.82) is 0 Å². The van der Waals surface area contributed by atoms with Crippen molar-refractivity contribution >= 4 is 22.6 Å². The Bertz CT molecular complexity index is 420. The van der Waals surface area contributed by atoms with Gasteiger partial charge in [-0.15, -0.1) is 0 Å². The summed E-state index contributed by atoms with van der Waals surface area (Å²) in [5.74, 6) is -25.7. The lowest BCUT2D eigenvalue weighted by Gasteiger charge is -2.28. The van der Waals surface area contributed by atoms with Crippen molar-refractivity contribution in [1.82, 2.24) is 0 Å². The third-order valence-electron chi connectivity index (χ3n) is 3.03. The Hall–Kier alpha value is -0.200. The maximum absolute atomic E-state index is 13.9. The van der Waals surface area contributed by atoms with Gasteiger partial charge in [0.1, 0.15) is 0 Å². The highest BCUT2D eigenvalue weighted by atomic mass is 127. The first-order valence-electron chi connectivity index (χ1n) is 5.39. The van der Waals surface area contributed by atoms with Crippen molar-refractivity contribution < 1.29 is 44.6 Å². The number of hydrogen-bond donors (Lipinski definition) is 1. The molecule has 124 valence electrons. The number of hydrogen-bond acceptors (Lipinski definition) is 1. The molecule has 1 nitrogen and oxygen atoms in total. The molecular formula is C10H8F9IO. The van der Waals surface area contributed by atoms with Gasteiger partial charge in [0.15, 0.2) is 0 Å². The summed E-state index contributed by atoms with van der Waals surface area (Å²) in [4.78, 5) is 0. The van der Waals surface area contributed by atoms with Crippen LogP contribution in [0.2, 0.25) is 0 Å². The van der Waals surface area contributed by atoms with E-state index in [-0.39, 0.29) is 6.42 Å². The fourth-order valence-corrected chi connectivity index (χ4v) is 2.58. The van der Waals surface area contributed by atoms with Crippen LogP contribution < -0.4 is 0 Å². The number of alkyl halides is 9. The molecule has 0 aromatic heterocycles. The topological polar surface area (TPSA) is 20.2 Å². The monoisotopic (exact) mass is 442 g/mol. The number of halogens is 10. The van der Waals surface area contributed by atoms with Crippen molar-refractivity contribution in [3.63, 3.8) is 0 Å². The van der Waals surface area contributed by atoms with Crippen molar-refractivity contribution in [3.8, 4) is 0 Å². The van der Waals surface area contributed by atoms with Crippen LogP contribution in [0.1, 0.15) is 12.8 Å². The molecule has 0 heterocycles. The summed E-state index contributed by atoms with van der Waals surface area (Å²) in [5, 5.41) is 8.45. The predicted octanol–water partition coefficient (Wildman–Crippen LogP) is 4.34. The van der Waals surface area contributed by atoms with Crippen LogP contribution in [0.4, 0.5) is 39.5 Å². The van der Waals surface area contributed by atoms with E-state index in [1.807, 2.05) is 0 Å². The second kappa shape index (κ2) is 5.17. The lowest BCUT2D eigenvalue weighted by atomic mass is 9.96. The smallest absolute Gasteiger partial charge is 0.382 e. The third-order valence-corrected chi connectivity index (χ3v) is 3.88. The van der Waals surface area contributed by atoms with Crippen LogP contribution in [-0.2, 0) is 0 Å². The van der Waals surface area contributed by atoms with Gasteiger partial charge in [-0.2, -0.15) is 35.1 Å². The maximum atomic E-state index is 13.9. The molecular weight excluding hydrogens is 434 g/mol. The molecule has 0 spiro atoms. The first-order chi connectivity index (χ1) is 9.20. The highest BCUT2D eigenvalue weighted by Crippen LogP contribution is 2.69. The minimum absolute atomic E-state index is 0.172. The summed E-state index contributed by atoms with van der Waals surface area (Å²) in [6, 6.07) is 0. The standard InChI is InChI=1S/C10H8F9IO/c11-6(4-5(20)2-1-3-21)7(12,13)9(16,17)10(18,19)8(6,14)15/h4,21H,1-3H2. The van der Waals surface area contributed by atoms with Crippen LogP contribution in [-0.4, -0.2) is 41.1 Å². The van der Waals surface area contributed by atoms with Crippen LogP contribution in [0.3, 0.4) is 0 Å². The lowest BCUT2D eigenvalue weighted by Crippen LogP contribution is -2.53. The quantitative estimate of drug-likeness (QED) is 0.508. The first kappa shape index (κ1) is 18.8. The molecule has 0 radical (unpaired) electrons. The summed E-state index contributed by atoms with van der Waals surface area (Å²) >= 11 is 1.08. The molecule has 1 saturated carbocycles. The van der Waals surface area contributed by atoms with Gasteiger partial charge in [-0.25, -0.2) is 4.39 Å². The number of allylic oxidation sites excluding steroid dienone is 2. The zero-order valence-electron chi connectivity index (χ0n) is 9.93. The molecule has 1 fully saturated rings. The van der Waals surface area contributed by atoms with Gasteiger partial charge in [-0.1, -0.05) is 0 Å². The molecule has 21 heavy (non-hydrogen) atoms. The average molecular weight is 442 g/mol. The van der Waals surface area contributed by atoms with Crippen LogP contribution in [0.15, 0.2) is 9.66 Å². The summed E-state index contributed by atoms with van der Waals surface area (Å²) in [6.07, 6.45) is -1.20. The number of rotatable bonds is 4. The van der Waals surface area contributed by atoms with E-state index >= 15 is 0 Å². The van der Waals surface area contributed by atoms with Crippen LogP contribution in [0.25, 0.3) is 0 Å². The summed E-state index contributed by atoms with van der Waals surface area (Å²) < 4.78 is 118. The summed E-state index contributed by atoms with van der Waals surface area (Å²) in [5.41, 5.74) is -5.54. The number of aliphatic hydroxyl groups is 1. The van der Waals surface area contributed by atoms with Gasteiger partial charge in [-0.3, -0.25) is 0 Å². The highest BCUT2D eigenvalue weighted by molar-refractivity contribution is 14.1. The Morgan fingerprint density at radius 2 is 1.19 bits per heavy atom. The fourth-order valence-electron chi connectivity index (χ4n) is 1.77. The zero-order valence-corrected chi connectivity index (χ0v) is 12.1. The first-order valence-corrected chi connectivity index (χ1v) is 6.47. The minimum atomic E-state index is -6.55. The third kappa shape index (κ3) is 2.17. The Labute approximate surface area is 126 Å². The average Bonchev–Trinajstić information content (AvgIpc) is 2.38. The lowest BCUT2D eigenvalue weighted by molar-refractivity contribution is -0.303. The van der Waals surface area contributed by atoms with Crippen molar-refractivity contribution in [2.45, 2.75) is 42.2 Å². The van der Waals surface area contributed by atoms with E-state index in [0.29, 0.717) is 0 Å². The van der Waals surface area contributed by atoms with Crippen LogP contribution in [0.5, 0.6) is 0 Å². The largest absolute Gasteiger partial charge is 0.396 e. The Morgan fingerprint density at radius 1 is 0.810 bits per heavy atom. The molecule has 1 N–H and O–H groups in total. The Balaban J connectivity index is 3.46. The Kier molecular flexibility index (Phi) is 4.64. The normalized spacial score (nSPS) is 28.6. The maximum Gasteiger partial charge on any atom is 0.382 e. The van der Waals surface area contributed by atoms with Gasteiger partial charge in [0, 0.05) is 6.61 Å². The molecule has 0 aromatic rings. The van der Waals surface area contributed by atoms with Crippen LogP contribution >= 0.6 is 22.6 Å². The SMILES string of the molecule is OCCCC(I)=CC1(F)C(F)(F)C(F)(F)C(F)(F)C1(F)F. The van der Waals surface area contributed by atoms with Gasteiger partial charge < -0.3 is 5.11 Å². The zero-order chi connectivity index (χ0) is 16.9. The second-order valence-corrected chi connectivity index (χ2v) is 5.81. The van der Waals surface area contributed by atoms with Crippen molar-refractivity contribution in [3.05, 3.63) is 9.66 Å². The molecule has 11 heteroatoms. The van der Waals surface area contributed by atoms with Gasteiger partial charge >= 0.3 is 23.7 Å². The van der Waals surface area contributed by atoms with Crippen molar-refractivity contribution in [2.24, 2.45) is 0 Å². The molecule has 0 atom stereocenters. The molecule has 0 bridgehead atoms. The molecule has 1 rings (SSSR count). The van der Waals surface area contributed by atoms with Gasteiger partial charge in [0.2, 0.25) is 0 Å². The number of aliphatic hydroxyl groups excluding tert-OH is 1. The highest BCUT2D eigenvalue weighted by Gasteiger charge is 3.00. The van der Waals surface area contributed by atoms with E-state index in [1.54, 1.807) is 0 Å². The minimum Gasteiger partial charge on any atom is -0.396 e. The van der Waals surface area contributed by atoms with Gasteiger partial charge in [0.25, 0.3) is 5.67 Å². The van der Waals surface area contributed by atoms with E-state index in [2.05, 4.69) is 0 Å². The summed E-state index contributed by atoms with van der Waals surface area (Å²) in [7, 11) is 0. The molecule has 0 saturated heterocycles. The Morgan fingerprint density at radius 3 is 1.52 bits per heavy atom. The van der Waals surface area contributed by atoms with E-state index in [9.17, 15) is 39.5 Å². The summed E-state index contributed by atoms with van der Waals surface area (Å²) in [6.45, 7) is -0.515. The van der Waals surface area contributed by atoms with Crippen molar-refractivity contribution in [2.75, 3.05) is 6.61 Å². The molecule has 0 unspecified atom stereocenters. The van der Waals surface area contributed by atoms with E-state index in [1.165, 1.54) is 0 Å². The molecule has 0 amide bonds. The second-order valence-electron chi connectivity index (χ2n) is 4.43. The molecule has 0 aliphatic heterocycles. The van der Waals surface area contributed by atoms with Gasteiger partial charge in [0.05, 0.1) is 0 Å². The van der Waals surface area contributed by atoms with E-state index < -0.39 is 52.0 Å². The van der Waals surface area contributed by atoms with Crippen LogP contribution in [0, 0.1) is 0 Å².